The Balaban J connectivity index is 1.50. The molecule has 0 fully saturated rings. The zero-order valence-corrected chi connectivity index (χ0v) is 20.9. The first kappa shape index (κ1) is 24.4. The van der Waals surface area contributed by atoms with Gasteiger partial charge in [-0.2, -0.15) is 0 Å². The Bertz CT molecular complexity index is 1150. The van der Waals surface area contributed by atoms with Gasteiger partial charge in [0.05, 0.1) is 25.9 Å². The third-order valence-electron chi connectivity index (χ3n) is 6.51. The van der Waals surface area contributed by atoms with Crippen LogP contribution in [-0.2, 0) is 13.0 Å². The number of anilines is 2. The lowest BCUT2D eigenvalue weighted by molar-refractivity contribution is 0.175. The lowest BCUT2D eigenvalue weighted by atomic mass is 9.96. The summed E-state index contributed by atoms with van der Waals surface area (Å²) in [5, 5.41) is 5.99. The molecule has 3 aromatic rings. The maximum Gasteiger partial charge on any atom is 0.319 e. The van der Waals surface area contributed by atoms with Gasteiger partial charge in [0.1, 0.15) is 11.5 Å². The molecular formula is C28H34N4O3. The van der Waals surface area contributed by atoms with Gasteiger partial charge < -0.3 is 25.0 Å². The van der Waals surface area contributed by atoms with Crippen LogP contribution in [0.15, 0.2) is 66.7 Å². The molecular weight excluding hydrogens is 440 g/mol. The summed E-state index contributed by atoms with van der Waals surface area (Å²) in [6, 6.07) is 22.3. The van der Waals surface area contributed by atoms with Crippen LogP contribution >= 0.6 is 0 Å². The lowest BCUT2D eigenvalue weighted by Gasteiger charge is -2.36. The Hall–Kier alpha value is -3.71. The number of benzene rings is 3. The Morgan fingerprint density at radius 1 is 1.00 bits per heavy atom. The van der Waals surface area contributed by atoms with Crippen LogP contribution in [0.2, 0.25) is 0 Å². The van der Waals surface area contributed by atoms with Gasteiger partial charge in [-0.15, -0.1) is 0 Å². The molecule has 4 rings (SSSR count). The molecule has 2 amide bonds. The van der Waals surface area contributed by atoms with Crippen molar-refractivity contribution < 1.29 is 14.3 Å². The van der Waals surface area contributed by atoms with Crippen molar-refractivity contribution in [2.45, 2.75) is 19.0 Å². The number of hydrogen-bond acceptors (Lipinski definition) is 5. The van der Waals surface area contributed by atoms with Crippen LogP contribution in [0.5, 0.6) is 11.5 Å². The highest BCUT2D eigenvalue weighted by Crippen LogP contribution is 2.30. The van der Waals surface area contributed by atoms with Crippen LogP contribution in [0.4, 0.5) is 16.2 Å². The van der Waals surface area contributed by atoms with Crippen LogP contribution in [-0.4, -0.2) is 52.3 Å². The third-order valence-corrected chi connectivity index (χ3v) is 6.51. The maximum atomic E-state index is 12.9. The molecule has 1 aliphatic heterocycles. The predicted molar refractivity (Wildman–Crippen MR) is 141 cm³/mol. The molecule has 0 saturated heterocycles. The smallest absolute Gasteiger partial charge is 0.319 e. The molecule has 7 heteroatoms. The van der Waals surface area contributed by atoms with Crippen molar-refractivity contribution >= 4 is 17.4 Å². The number of nitrogens with one attached hydrogen (secondary N) is 2. The molecule has 1 heterocycles. The van der Waals surface area contributed by atoms with Crippen molar-refractivity contribution in [3.05, 3.63) is 83.4 Å². The minimum Gasteiger partial charge on any atom is -0.497 e. The highest BCUT2D eigenvalue weighted by Gasteiger charge is 2.25. The second-order valence-electron chi connectivity index (χ2n) is 8.89. The molecule has 1 unspecified atom stereocenters. The van der Waals surface area contributed by atoms with E-state index in [1.807, 2.05) is 14.1 Å². The largest absolute Gasteiger partial charge is 0.497 e. The van der Waals surface area contributed by atoms with E-state index in [4.69, 9.17) is 9.47 Å². The first-order valence-electron chi connectivity index (χ1n) is 11.8. The Labute approximate surface area is 207 Å². The standard InChI is InChI=1S/C28H34N4O3/c1-31(2)23-11-9-21(10-12-23)26(32-16-15-20-7-5-6-8-22(20)19-32)18-29-28(33)30-25-14-13-24(34-3)17-27(25)35-4/h5-14,17,26H,15-16,18-19H2,1-4H3,(H2,29,30,33). The summed E-state index contributed by atoms with van der Waals surface area (Å²) in [5.41, 5.74) is 5.67. The molecule has 0 saturated carbocycles. The van der Waals surface area contributed by atoms with E-state index in [-0.39, 0.29) is 12.1 Å². The van der Waals surface area contributed by atoms with Crippen molar-refractivity contribution in [3.63, 3.8) is 0 Å². The van der Waals surface area contributed by atoms with Gasteiger partial charge >= 0.3 is 6.03 Å². The monoisotopic (exact) mass is 474 g/mol. The zero-order valence-electron chi connectivity index (χ0n) is 20.9. The highest BCUT2D eigenvalue weighted by atomic mass is 16.5. The van der Waals surface area contributed by atoms with E-state index in [1.165, 1.54) is 16.7 Å². The van der Waals surface area contributed by atoms with E-state index in [0.717, 1.165) is 25.2 Å². The molecule has 2 N–H and O–H groups in total. The predicted octanol–water partition coefficient (Wildman–Crippen LogP) is 4.69. The Kier molecular flexibility index (Phi) is 7.77. The molecule has 35 heavy (non-hydrogen) atoms. The number of methoxy groups -OCH3 is 2. The number of carbonyl (C=O) groups is 1. The van der Waals surface area contributed by atoms with Crippen molar-refractivity contribution in [1.82, 2.24) is 10.2 Å². The molecule has 1 aliphatic rings. The fourth-order valence-electron chi connectivity index (χ4n) is 4.49. The quantitative estimate of drug-likeness (QED) is 0.496. The van der Waals surface area contributed by atoms with E-state index >= 15 is 0 Å². The van der Waals surface area contributed by atoms with Gasteiger partial charge in [-0.05, 0) is 47.4 Å². The van der Waals surface area contributed by atoms with Gasteiger partial charge in [0.15, 0.2) is 0 Å². The van der Waals surface area contributed by atoms with Gasteiger partial charge in [-0.25, -0.2) is 4.79 Å². The average Bonchev–Trinajstić information content (AvgIpc) is 2.89. The third kappa shape index (κ3) is 5.87. The molecule has 7 nitrogen and oxygen atoms in total. The number of urea groups is 1. The van der Waals surface area contributed by atoms with Crippen LogP contribution < -0.4 is 25.0 Å². The fraction of sp³-hybridized carbons (Fsp3) is 0.321. The highest BCUT2D eigenvalue weighted by molar-refractivity contribution is 5.91. The van der Waals surface area contributed by atoms with Crippen LogP contribution in [0.3, 0.4) is 0 Å². The second kappa shape index (κ2) is 11.1. The van der Waals surface area contributed by atoms with Crippen molar-refractivity contribution in [3.8, 4) is 11.5 Å². The van der Waals surface area contributed by atoms with Gasteiger partial charge in [0.2, 0.25) is 0 Å². The number of fused-ring (bicyclic) bond motifs is 1. The molecule has 0 aliphatic carbocycles. The zero-order chi connectivity index (χ0) is 24.8. The molecule has 0 spiro atoms. The number of rotatable bonds is 8. The van der Waals surface area contributed by atoms with Gasteiger partial charge in [-0.1, -0.05) is 36.4 Å². The molecule has 0 radical (unpaired) electrons. The number of amides is 2. The summed E-state index contributed by atoms with van der Waals surface area (Å²) >= 11 is 0. The van der Waals surface area contributed by atoms with Crippen LogP contribution in [0.25, 0.3) is 0 Å². The first-order chi connectivity index (χ1) is 17.0. The van der Waals surface area contributed by atoms with E-state index in [0.29, 0.717) is 23.7 Å². The summed E-state index contributed by atoms with van der Waals surface area (Å²) in [6.45, 7) is 2.27. The molecule has 1 atom stereocenters. The number of nitrogens with zero attached hydrogens (tertiary/aromatic N) is 2. The summed E-state index contributed by atoms with van der Waals surface area (Å²) in [6.07, 6.45) is 0.998. The minimum atomic E-state index is -0.277. The molecule has 184 valence electrons. The van der Waals surface area contributed by atoms with E-state index in [1.54, 1.807) is 32.4 Å². The van der Waals surface area contributed by atoms with Crippen molar-refractivity contribution in [2.24, 2.45) is 0 Å². The Morgan fingerprint density at radius 3 is 2.43 bits per heavy atom. The lowest BCUT2D eigenvalue weighted by Crippen LogP contribution is -2.41. The summed E-state index contributed by atoms with van der Waals surface area (Å²) in [7, 11) is 7.24. The van der Waals surface area contributed by atoms with Crippen LogP contribution in [0, 0.1) is 0 Å². The normalized spacial score (nSPS) is 13.9. The van der Waals surface area contributed by atoms with Crippen molar-refractivity contribution in [1.29, 1.82) is 0 Å². The van der Waals surface area contributed by atoms with Gasteiger partial charge in [0, 0.05) is 45.5 Å². The average molecular weight is 475 g/mol. The van der Waals surface area contributed by atoms with E-state index in [2.05, 4.69) is 69.0 Å². The van der Waals surface area contributed by atoms with Gasteiger partial charge in [-0.3, -0.25) is 4.90 Å². The molecule has 0 aromatic heterocycles. The molecule has 3 aromatic carbocycles. The number of hydrogen-bond donors (Lipinski definition) is 2. The maximum absolute atomic E-state index is 12.9. The van der Waals surface area contributed by atoms with E-state index < -0.39 is 0 Å². The fourth-order valence-corrected chi connectivity index (χ4v) is 4.49. The second-order valence-corrected chi connectivity index (χ2v) is 8.89. The SMILES string of the molecule is COc1ccc(NC(=O)NCC(c2ccc(N(C)C)cc2)N2CCc3ccccc3C2)c(OC)c1. The van der Waals surface area contributed by atoms with E-state index in [9.17, 15) is 4.79 Å². The topological polar surface area (TPSA) is 66.1 Å². The minimum absolute atomic E-state index is 0.0445. The van der Waals surface area contributed by atoms with Crippen molar-refractivity contribution in [2.75, 3.05) is 51.6 Å². The molecule has 0 bridgehead atoms. The first-order valence-corrected chi connectivity index (χ1v) is 11.8. The summed E-state index contributed by atoms with van der Waals surface area (Å²) in [5.74, 6) is 1.21. The number of ether oxygens (including phenoxy) is 2. The summed E-state index contributed by atoms with van der Waals surface area (Å²) < 4.78 is 10.7. The van der Waals surface area contributed by atoms with Gasteiger partial charge in [0.25, 0.3) is 0 Å². The Morgan fingerprint density at radius 2 is 1.74 bits per heavy atom. The van der Waals surface area contributed by atoms with Crippen LogP contribution in [0.1, 0.15) is 22.7 Å². The number of carbonyl (C=O) groups excluding carboxylic acids is 1. The summed E-state index contributed by atoms with van der Waals surface area (Å²) in [4.78, 5) is 17.4.